The molecule has 0 amide bonds. The van der Waals surface area contributed by atoms with Crippen molar-refractivity contribution in [1.29, 1.82) is 0 Å². The molecule has 1 fully saturated rings. The highest BCUT2D eigenvalue weighted by molar-refractivity contribution is 8.00. The zero-order chi connectivity index (χ0) is 28.3. The van der Waals surface area contributed by atoms with E-state index in [9.17, 15) is 0 Å². The first-order valence-electron chi connectivity index (χ1n) is 13.8. The number of ether oxygens (including phenoxy) is 1. The van der Waals surface area contributed by atoms with Crippen molar-refractivity contribution >= 4 is 29.3 Å². The second-order valence-electron chi connectivity index (χ2n) is 9.40. The molecule has 0 aliphatic carbocycles. The van der Waals surface area contributed by atoms with Gasteiger partial charge in [-0.2, -0.15) is 11.8 Å². The Balaban J connectivity index is 0.000000391. The standard InChI is InChI=1S/C17H24N2OS.C15H26N2/c1-13-8-9-15(20-13)11-21-12-17(19-2)16(10-18)14-6-4-3-5-7-14;1-6-9-10-11-14(13(5)17-8-3)15(16)12(4)7-2/h3-7,10,13,15H,8-9,11-12,18H2,1-2H3;8,10-11H,6-7,9,16H2,1-5H3/b16-10-,19-17?;11-10-,14-13-,15-12-,17-8?. The van der Waals surface area contributed by atoms with E-state index in [0.717, 1.165) is 64.6 Å². The number of hydrogen-bond acceptors (Lipinski definition) is 6. The molecule has 5 nitrogen and oxygen atoms in total. The van der Waals surface area contributed by atoms with E-state index >= 15 is 0 Å². The Hall–Kier alpha value is -2.57. The normalized spacial score (nSPS) is 19.9. The minimum absolute atomic E-state index is 0.394. The minimum Gasteiger partial charge on any atom is -0.404 e. The molecule has 0 radical (unpaired) electrons. The van der Waals surface area contributed by atoms with Crippen LogP contribution in [0.1, 0.15) is 79.2 Å². The highest BCUT2D eigenvalue weighted by Crippen LogP contribution is 2.24. The number of nitrogens with two attached hydrogens (primary N) is 2. The lowest BCUT2D eigenvalue weighted by Crippen LogP contribution is -2.14. The van der Waals surface area contributed by atoms with Crippen molar-refractivity contribution in [3.63, 3.8) is 0 Å². The summed E-state index contributed by atoms with van der Waals surface area (Å²) in [5.41, 5.74) is 19.3. The number of hydrogen-bond donors (Lipinski definition) is 2. The van der Waals surface area contributed by atoms with Crippen LogP contribution in [-0.4, -0.2) is 42.7 Å². The lowest BCUT2D eigenvalue weighted by Gasteiger charge is -2.13. The molecule has 38 heavy (non-hydrogen) atoms. The van der Waals surface area contributed by atoms with E-state index < -0.39 is 0 Å². The van der Waals surface area contributed by atoms with Crippen LogP contribution in [0.5, 0.6) is 0 Å². The van der Waals surface area contributed by atoms with Gasteiger partial charge in [0, 0.05) is 53.5 Å². The molecule has 1 aliphatic rings. The molecule has 2 rings (SSSR count). The van der Waals surface area contributed by atoms with Crippen LogP contribution in [0.25, 0.3) is 5.57 Å². The van der Waals surface area contributed by atoms with Crippen LogP contribution in [0.2, 0.25) is 0 Å². The van der Waals surface area contributed by atoms with Crippen molar-refractivity contribution in [2.24, 2.45) is 21.5 Å². The third kappa shape index (κ3) is 11.9. The van der Waals surface area contributed by atoms with Gasteiger partial charge in [0.25, 0.3) is 0 Å². The molecule has 1 aliphatic heterocycles. The molecular formula is C32H50N4OS. The fraction of sp³-hybridized carbons (Fsp3) is 0.500. The molecule has 1 aromatic rings. The quantitative estimate of drug-likeness (QED) is 0.211. The molecule has 2 atom stereocenters. The number of thioether (sulfide) groups is 1. The molecule has 1 saturated heterocycles. The van der Waals surface area contributed by atoms with E-state index in [1.54, 1.807) is 12.4 Å². The van der Waals surface area contributed by atoms with E-state index in [1.807, 2.05) is 50.9 Å². The van der Waals surface area contributed by atoms with Crippen LogP contribution in [0.15, 0.2) is 81.2 Å². The Kier molecular flexibility index (Phi) is 17.2. The maximum Gasteiger partial charge on any atom is 0.0670 e. The van der Waals surface area contributed by atoms with Crippen molar-refractivity contribution in [2.75, 3.05) is 18.6 Å². The number of benzene rings is 1. The summed E-state index contributed by atoms with van der Waals surface area (Å²) in [6, 6.07) is 10.2. The Morgan fingerprint density at radius 2 is 1.87 bits per heavy atom. The summed E-state index contributed by atoms with van der Waals surface area (Å²) in [6.07, 6.45) is 14.1. The van der Waals surface area contributed by atoms with E-state index in [0.29, 0.717) is 12.2 Å². The SMILES string of the molecule is CC=N/C(C)=C(/C=C\CCC)C(\N)=C(/C)CC.CN=C(CSCC1CCC(C)O1)/C(=C\N)c1ccccc1. The molecule has 1 heterocycles. The van der Waals surface area contributed by atoms with Gasteiger partial charge in [0.1, 0.15) is 0 Å². The zero-order valence-corrected chi connectivity index (χ0v) is 25.5. The maximum absolute atomic E-state index is 6.18. The maximum atomic E-state index is 6.18. The molecule has 0 aromatic heterocycles. The van der Waals surface area contributed by atoms with Gasteiger partial charge < -0.3 is 16.2 Å². The predicted octanol–water partition coefficient (Wildman–Crippen LogP) is 7.71. The molecule has 4 N–H and O–H groups in total. The molecule has 0 bridgehead atoms. The highest BCUT2D eigenvalue weighted by Gasteiger charge is 2.21. The fourth-order valence-corrected chi connectivity index (χ4v) is 5.09. The number of allylic oxidation sites excluding steroid dienone is 5. The summed E-state index contributed by atoms with van der Waals surface area (Å²) in [6.45, 7) is 12.4. The Labute approximate surface area is 236 Å². The molecule has 2 unspecified atom stereocenters. The highest BCUT2D eigenvalue weighted by atomic mass is 32.2. The van der Waals surface area contributed by atoms with Gasteiger partial charge in [-0.1, -0.05) is 62.8 Å². The third-order valence-corrected chi connectivity index (χ3v) is 7.51. The van der Waals surface area contributed by atoms with Crippen molar-refractivity contribution in [1.82, 2.24) is 0 Å². The molecular weight excluding hydrogens is 488 g/mol. The van der Waals surface area contributed by atoms with Gasteiger partial charge in [-0.15, -0.1) is 0 Å². The van der Waals surface area contributed by atoms with Gasteiger partial charge in [-0.05, 0) is 64.5 Å². The molecule has 1 aromatic carbocycles. The second kappa shape index (κ2) is 19.5. The first kappa shape index (κ1) is 33.5. The van der Waals surface area contributed by atoms with Gasteiger partial charge in [0.05, 0.1) is 17.9 Å². The molecule has 210 valence electrons. The molecule has 0 spiro atoms. The topological polar surface area (TPSA) is 86.0 Å². The van der Waals surface area contributed by atoms with Gasteiger partial charge in [-0.25, -0.2) is 0 Å². The van der Waals surface area contributed by atoms with Crippen LogP contribution >= 0.6 is 11.8 Å². The fourth-order valence-electron chi connectivity index (χ4n) is 3.99. The summed E-state index contributed by atoms with van der Waals surface area (Å²) in [5.74, 6) is 1.89. The zero-order valence-electron chi connectivity index (χ0n) is 24.7. The first-order valence-corrected chi connectivity index (χ1v) is 15.0. The van der Waals surface area contributed by atoms with Gasteiger partial charge in [-0.3, -0.25) is 9.98 Å². The van der Waals surface area contributed by atoms with Crippen molar-refractivity contribution < 1.29 is 4.74 Å². The lowest BCUT2D eigenvalue weighted by atomic mass is 10.0. The van der Waals surface area contributed by atoms with Crippen molar-refractivity contribution in [3.05, 3.63) is 76.8 Å². The monoisotopic (exact) mass is 538 g/mol. The summed E-state index contributed by atoms with van der Waals surface area (Å²) in [4.78, 5) is 8.75. The number of unbranched alkanes of at least 4 members (excludes halogenated alkanes) is 1. The average molecular weight is 539 g/mol. The van der Waals surface area contributed by atoms with Crippen molar-refractivity contribution in [2.45, 2.75) is 85.9 Å². The Bertz CT molecular complexity index is 1010. The van der Waals surface area contributed by atoms with Crippen LogP contribution in [0.4, 0.5) is 0 Å². The van der Waals surface area contributed by atoms with Gasteiger partial charge in [0.2, 0.25) is 0 Å². The van der Waals surface area contributed by atoms with E-state index in [1.165, 1.54) is 18.4 Å². The first-order chi connectivity index (χ1) is 18.3. The Morgan fingerprint density at radius 1 is 1.16 bits per heavy atom. The largest absolute Gasteiger partial charge is 0.404 e. The lowest BCUT2D eigenvalue weighted by molar-refractivity contribution is 0.0700. The number of rotatable bonds is 12. The number of nitrogens with zero attached hydrogens (tertiary/aromatic N) is 2. The summed E-state index contributed by atoms with van der Waals surface area (Å²) < 4.78 is 5.85. The number of aliphatic imine (C=N–C) groups is 2. The van der Waals surface area contributed by atoms with Gasteiger partial charge >= 0.3 is 0 Å². The summed E-state index contributed by atoms with van der Waals surface area (Å²) in [5, 5.41) is 0. The van der Waals surface area contributed by atoms with Crippen molar-refractivity contribution in [3.8, 4) is 0 Å². The minimum atomic E-state index is 0.394. The van der Waals surface area contributed by atoms with Crippen LogP contribution in [-0.2, 0) is 4.74 Å². The predicted molar refractivity (Wildman–Crippen MR) is 171 cm³/mol. The summed E-state index contributed by atoms with van der Waals surface area (Å²) >= 11 is 1.87. The van der Waals surface area contributed by atoms with Crippen LogP contribution in [0.3, 0.4) is 0 Å². The second-order valence-corrected chi connectivity index (χ2v) is 10.4. The summed E-state index contributed by atoms with van der Waals surface area (Å²) in [7, 11) is 1.83. The van der Waals surface area contributed by atoms with Crippen LogP contribution in [0, 0.1) is 0 Å². The van der Waals surface area contributed by atoms with Crippen LogP contribution < -0.4 is 11.5 Å². The molecule has 0 saturated carbocycles. The van der Waals surface area contributed by atoms with Gasteiger partial charge in [0.15, 0.2) is 0 Å². The third-order valence-electron chi connectivity index (χ3n) is 6.43. The average Bonchev–Trinajstić information content (AvgIpc) is 3.35. The Morgan fingerprint density at radius 3 is 2.39 bits per heavy atom. The molecule has 6 heteroatoms. The van der Waals surface area contributed by atoms with E-state index in [4.69, 9.17) is 16.2 Å². The van der Waals surface area contributed by atoms with E-state index in [-0.39, 0.29) is 0 Å². The van der Waals surface area contributed by atoms with E-state index in [2.05, 4.69) is 62.0 Å². The smallest absolute Gasteiger partial charge is 0.0670 e.